The largest absolute Gasteiger partial charge is 0.491 e. The van der Waals surface area contributed by atoms with Crippen molar-refractivity contribution < 1.29 is 9.66 Å². The lowest BCUT2D eigenvalue weighted by Gasteiger charge is -2.16. The van der Waals surface area contributed by atoms with Crippen LogP contribution in [-0.2, 0) is 0 Å². The maximum Gasteiger partial charge on any atom is 0.220 e. The van der Waals surface area contributed by atoms with Crippen LogP contribution >= 0.6 is 35.0 Å². The van der Waals surface area contributed by atoms with Crippen molar-refractivity contribution in [2.24, 2.45) is 0 Å². The van der Waals surface area contributed by atoms with E-state index < -0.39 is 5.25 Å². The molecule has 0 radical (unpaired) electrons. The van der Waals surface area contributed by atoms with E-state index in [2.05, 4.69) is 10.2 Å². The summed E-state index contributed by atoms with van der Waals surface area (Å²) in [4.78, 5) is 11.0. The summed E-state index contributed by atoms with van der Waals surface area (Å²) >= 11 is 13.9. The predicted molar refractivity (Wildman–Crippen MR) is 114 cm³/mol. The third kappa shape index (κ3) is 5.01. The van der Waals surface area contributed by atoms with Crippen molar-refractivity contribution in [3.05, 3.63) is 74.0 Å². The van der Waals surface area contributed by atoms with E-state index in [0.29, 0.717) is 38.9 Å². The summed E-state index contributed by atoms with van der Waals surface area (Å²) in [6.07, 6.45) is 0. The summed E-state index contributed by atoms with van der Waals surface area (Å²) in [6, 6.07) is 12.9. The maximum atomic E-state index is 11.3. The van der Waals surface area contributed by atoms with Crippen molar-refractivity contribution in [1.29, 1.82) is 0 Å². The van der Waals surface area contributed by atoms with E-state index in [9.17, 15) is 10.1 Å². The first-order valence-electron chi connectivity index (χ1n) is 8.78. The average molecular weight is 453 g/mol. The summed E-state index contributed by atoms with van der Waals surface area (Å²) in [7, 11) is 0. The van der Waals surface area contributed by atoms with Gasteiger partial charge in [-0.3, -0.25) is 14.7 Å². The van der Waals surface area contributed by atoms with Gasteiger partial charge in [-0.05, 0) is 43.7 Å². The van der Waals surface area contributed by atoms with Crippen LogP contribution in [0, 0.1) is 17.0 Å². The Labute approximate surface area is 182 Å². The van der Waals surface area contributed by atoms with Gasteiger partial charge in [0.15, 0.2) is 10.9 Å². The molecule has 0 amide bonds. The fraction of sp³-hybridized carbons (Fsp3) is 0.263. The standard InChI is InChI=1S/C19H18Cl2N4O3S/c1-3-28-18-15(20)9-13(10-16(18)21)17(11-24(26)27)29-19-23-22-12(2)25(19)14-7-5-4-6-8-14/h4-10,17H,3,11H2,1-2H3/t17-/m1/s1. The van der Waals surface area contributed by atoms with Gasteiger partial charge in [0.1, 0.15) is 11.1 Å². The third-order valence-corrected chi connectivity index (χ3v) is 5.80. The van der Waals surface area contributed by atoms with Gasteiger partial charge in [-0.2, -0.15) is 0 Å². The van der Waals surface area contributed by atoms with Crippen LogP contribution in [0.4, 0.5) is 0 Å². The molecule has 29 heavy (non-hydrogen) atoms. The van der Waals surface area contributed by atoms with Crippen molar-refractivity contribution in [3.8, 4) is 11.4 Å². The summed E-state index contributed by atoms with van der Waals surface area (Å²) in [5, 5.41) is 20.3. The number of aryl methyl sites for hydroxylation is 1. The third-order valence-electron chi connectivity index (χ3n) is 4.05. The number of aromatic nitrogens is 3. The molecule has 1 aromatic heterocycles. The van der Waals surface area contributed by atoms with Gasteiger partial charge in [0, 0.05) is 10.6 Å². The first-order chi connectivity index (χ1) is 13.9. The average Bonchev–Trinajstić information content (AvgIpc) is 3.04. The molecule has 152 valence electrons. The van der Waals surface area contributed by atoms with E-state index in [-0.39, 0.29) is 11.5 Å². The van der Waals surface area contributed by atoms with Gasteiger partial charge in [-0.15, -0.1) is 10.2 Å². The number of halogens is 2. The molecule has 7 nitrogen and oxygen atoms in total. The Kier molecular flexibility index (Phi) is 7.00. The Balaban J connectivity index is 1.99. The number of rotatable bonds is 8. The first-order valence-corrected chi connectivity index (χ1v) is 10.4. The van der Waals surface area contributed by atoms with Crippen LogP contribution in [0.25, 0.3) is 5.69 Å². The van der Waals surface area contributed by atoms with Crippen molar-refractivity contribution in [2.45, 2.75) is 24.3 Å². The molecule has 0 saturated carbocycles. The highest BCUT2D eigenvalue weighted by molar-refractivity contribution is 7.99. The molecule has 0 spiro atoms. The second kappa shape index (κ2) is 9.47. The number of hydrogen-bond acceptors (Lipinski definition) is 6. The molecule has 0 unspecified atom stereocenters. The number of thioether (sulfide) groups is 1. The maximum absolute atomic E-state index is 11.3. The number of nitro groups is 1. The molecule has 0 saturated heterocycles. The predicted octanol–water partition coefficient (Wildman–Crippen LogP) is 5.39. The van der Waals surface area contributed by atoms with Crippen LogP contribution < -0.4 is 4.74 Å². The Hall–Kier alpha value is -2.29. The monoisotopic (exact) mass is 452 g/mol. The molecule has 3 aromatic rings. The summed E-state index contributed by atoms with van der Waals surface area (Å²) in [5.41, 5.74) is 1.49. The number of ether oxygens (including phenoxy) is 1. The molecule has 2 aromatic carbocycles. The van der Waals surface area contributed by atoms with E-state index in [4.69, 9.17) is 27.9 Å². The Morgan fingerprint density at radius 3 is 2.45 bits per heavy atom. The van der Waals surface area contributed by atoms with Crippen LogP contribution in [0.3, 0.4) is 0 Å². The molecule has 0 fully saturated rings. The lowest BCUT2D eigenvalue weighted by atomic mass is 10.1. The van der Waals surface area contributed by atoms with Crippen LogP contribution in [-0.4, -0.2) is 32.8 Å². The smallest absolute Gasteiger partial charge is 0.220 e. The SMILES string of the molecule is CCOc1c(Cl)cc([C@@H](C[N+](=O)[O-])Sc2nnc(C)n2-c2ccccc2)cc1Cl. The van der Waals surface area contributed by atoms with Crippen LogP contribution in [0.2, 0.25) is 10.0 Å². The molecule has 0 N–H and O–H groups in total. The molecular formula is C19H18Cl2N4O3S. The Morgan fingerprint density at radius 1 is 1.21 bits per heavy atom. The van der Waals surface area contributed by atoms with E-state index in [1.807, 2.05) is 48.7 Å². The van der Waals surface area contributed by atoms with Crippen LogP contribution in [0.1, 0.15) is 23.6 Å². The second-order valence-corrected chi connectivity index (χ2v) is 8.05. The zero-order chi connectivity index (χ0) is 21.0. The van der Waals surface area contributed by atoms with E-state index in [0.717, 1.165) is 5.69 Å². The highest BCUT2D eigenvalue weighted by atomic mass is 35.5. The second-order valence-electron chi connectivity index (χ2n) is 6.07. The highest BCUT2D eigenvalue weighted by Crippen LogP contribution is 2.41. The van der Waals surface area contributed by atoms with Gasteiger partial charge < -0.3 is 4.74 Å². The normalized spacial score (nSPS) is 12.0. The van der Waals surface area contributed by atoms with Crippen molar-refractivity contribution in [1.82, 2.24) is 14.8 Å². The molecule has 0 bridgehead atoms. The Bertz CT molecular complexity index is 991. The lowest BCUT2D eigenvalue weighted by molar-refractivity contribution is -0.479. The molecule has 1 heterocycles. The van der Waals surface area contributed by atoms with E-state index in [1.165, 1.54) is 11.8 Å². The molecular weight excluding hydrogens is 435 g/mol. The summed E-state index contributed by atoms with van der Waals surface area (Å²) in [5.74, 6) is 1.05. The van der Waals surface area contributed by atoms with Gasteiger partial charge in [0.05, 0.1) is 16.7 Å². The fourth-order valence-electron chi connectivity index (χ4n) is 2.81. The Morgan fingerprint density at radius 2 is 1.86 bits per heavy atom. The number of para-hydroxylation sites is 1. The zero-order valence-electron chi connectivity index (χ0n) is 15.7. The molecule has 0 aliphatic carbocycles. The van der Waals surface area contributed by atoms with E-state index in [1.54, 1.807) is 12.1 Å². The molecule has 3 rings (SSSR count). The molecule has 0 aliphatic heterocycles. The van der Waals surface area contributed by atoms with Crippen molar-refractivity contribution in [2.75, 3.05) is 13.2 Å². The van der Waals surface area contributed by atoms with Gasteiger partial charge in [0.2, 0.25) is 6.54 Å². The van der Waals surface area contributed by atoms with E-state index >= 15 is 0 Å². The minimum absolute atomic E-state index is 0.309. The van der Waals surface area contributed by atoms with Gasteiger partial charge >= 0.3 is 0 Å². The summed E-state index contributed by atoms with van der Waals surface area (Å²) in [6.45, 7) is 3.74. The number of hydrogen-bond donors (Lipinski definition) is 0. The zero-order valence-corrected chi connectivity index (χ0v) is 18.0. The fourth-order valence-corrected chi connectivity index (χ4v) is 4.58. The van der Waals surface area contributed by atoms with Crippen LogP contribution in [0.5, 0.6) is 5.75 Å². The molecule has 1 atom stereocenters. The van der Waals surface area contributed by atoms with Gasteiger partial charge in [-0.1, -0.05) is 53.2 Å². The lowest BCUT2D eigenvalue weighted by Crippen LogP contribution is -2.11. The molecule has 10 heteroatoms. The number of benzene rings is 2. The van der Waals surface area contributed by atoms with Gasteiger partial charge in [-0.25, -0.2) is 0 Å². The minimum Gasteiger partial charge on any atom is -0.491 e. The molecule has 0 aliphatic rings. The quantitative estimate of drug-likeness (QED) is 0.258. The highest BCUT2D eigenvalue weighted by Gasteiger charge is 2.25. The van der Waals surface area contributed by atoms with Crippen LogP contribution in [0.15, 0.2) is 47.6 Å². The minimum atomic E-state index is -0.568. The number of nitrogens with zero attached hydrogens (tertiary/aromatic N) is 4. The topological polar surface area (TPSA) is 83.1 Å². The van der Waals surface area contributed by atoms with Gasteiger partial charge in [0.25, 0.3) is 0 Å². The first kappa shape index (κ1) is 21.4. The van der Waals surface area contributed by atoms with Crippen molar-refractivity contribution in [3.63, 3.8) is 0 Å². The van der Waals surface area contributed by atoms with Crippen molar-refractivity contribution >= 4 is 35.0 Å². The summed E-state index contributed by atoms with van der Waals surface area (Å²) < 4.78 is 7.31.